The second-order valence-corrected chi connectivity index (χ2v) is 8.90. The zero-order valence-corrected chi connectivity index (χ0v) is 21.9. The first kappa shape index (κ1) is 25.9. The van der Waals surface area contributed by atoms with Gasteiger partial charge in [0.2, 0.25) is 0 Å². The smallest absolute Gasteiger partial charge is 0.270 e. The molecule has 1 saturated heterocycles. The number of anilines is 2. The molecule has 188 valence electrons. The van der Waals surface area contributed by atoms with Gasteiger partial charge >= 0.3 is 0 Å². The molecule has 1 aliphatic rings. The lowest BCUT2D eigenvalue weighted by Crippen LogP contribution is -2.56. The van der Waals surface area contributed by atoms with Gasteiger partial charge in [-0.1, -0.05) is 54.1 Å². The van der Waals surface area contributed by atoms with E-state index in [4.69, 9.17) is 21.7 Å². The zero-order chi connectivity index (χ0) is 26.5. The number of hydrogen-bond donors (Lipinski definition) is 0. The van der Waals surface area contributed by atoms with E-state index in [-0.39, 0.29) is 10.7 Å². The van der Waals surface area contributed by atoms with Crippen molar-refractivity contribution in [1.29, 1.82) is 0 Å². The maximum Gasteiger partial charge on any atom is 0.270 e. The summed E-state index contributed by atoms with van der Waals surface area (Å²) >= 11 is 5.70. The number of rotatable bonds is 8. The molecule has 37 heavy (non-hydrogen) atoms. The Bertz CT molecular complexity index is 1310. The maximum absolute atomic E-state index is 13.7. The third-order valence-electron chi connectivity index (χ3n) is 5.77. The van der Waals surface area contributed by atoms with Crippen LogP contribution in [0.25, 0.3) is 6.08 Å². The van der Waals surface area contributed by atoms with E-state index >= 15 is 0 Å². The minimum atomic E-state index is -0.493. The minimum absolute atomic E-state index is 0.0167. The molecule has 1 aliphatic heterocycles. The fourth-order valence-electron chi connectivity index (χ4n) is 3.89. The van der Waals surface area contributed by atoms with Crippen molar-refractivity contribution in [2.24, 2.45) is 0 Å². The lowest BCUT2D eigenvalue weighted by atomic mass is 10.0. The van der Waals surface area contributed by atoms with E-state index < -0.39 is 11.8 Å². The summed E-state index contributed by atoms with van der Waals surface area (Å²) in [5.41, 5.74) is 3.86. The Labute approximate surface area is 222 Å². The zero-order valence-electron chi connectivity index (χ0n) is 21.1. The standard InChI is InChI=1S/C30H28N2O4S/c1-5-17-36-26-16-11-22(19-27(26)35-6-2)18-25-28(33)31(23-12-7-20(3)8-13-23)30(37)32(29(25)34)24-14-9-21(4)10-15-24/h5,7-16,18-19H,1,6,17H2,2-4H3. The number of carbonyl (C=O) groups excluding carboxylic acids is 2. The average Bonchev–Trinajstić information content (AvgIpc) is 2.88. The number of aryl methyl sites for hydroxylation is 2. The summed E-state index contributed by atoms with van der Waals surface area (Å²) in [6.45, 7) is 10.2. The van der Waals surface area contributed by atoms with E-state index in [1.807, 2.05) is 69.3 Å². The highest BCUT2D eigenvalue weighted by atomic mass is 32.1. The van der Waals surface area contributed by atoms with Crippen LogP contribution in [0.3, 0.4) is 0 Å². The van der Waals surface area contributed by atoms with Crippen molar-refractivity contribution < 1.29 is 19.1 Å². The van der Waals surface area contributed by atoms with Gasteiger partial charge in [-0.15, -0.1) is 0 Å². The molecule has 1 heterocycles. The average molecular weight is 513 g/mol. The second kappa shape index (κ2) is 11.2. The molecule has 0 bridgehead atoms. The molecule has 0 N–H and O–H groups in total. The van der Waals surface area contributed by atoms with Gasteiger partial charge in [-0.2, -0.15) is 0 Å². The van der Waals surface area contributed by atoms with Gasteiger partial charge in [0.25, 0.3) is 11.8 Å². The quantitative estimate of drug-likeness (QED) is 0.160. The summed E-state index contributed by atoms with van der Waals surface area (Å²) < 4.78 is 11.4. The van der Waals surface area contributed by atoms with E-state index in [1.165, 1.54) is 9.80 Å². The Balaban J connectivity index is 1.82. The number of nitrogens with zero attached hydrogens (tertiary/aromatic N) is 2. The molecule has 3 aromatic carbocycles. The molecule has 6 nitrogen and oxygen atoms in total. The van der Waals surface area contributed by atoms with Crippen molar-refractivity contribution in [2.45, 2.75) is 20.8 Å². The summed E-state index contributed by atoms with van der Waals surface area (Å²) in [6.07, 6.45) is 3.21. The number of ether oxygens (including phenoxy) is 2. The first-order chi connectivity index (χ1) is 17.8. The van der Waals surface area contributed by atoms with Crippen molar-refractivity contribution >= 4 is 46.6 Å². The lowest BCUT2D eigenvalue weighted by molar-refractivity contribution is -0.120. The Morgan fingerprint density at radius 2 is 1.35 bits per heavy atom. The van der Waals surface area contributed by atoms with Gasteiger partial charge in [0, 0.05) is 0 Å². The Kier molecular flexibility index (Phi) is 7.84. The van der Waals surface area contributed by atoms with Crippen LogP contribution in [0.5, 0.6) is 11.5 Å². The van der Waals surface area contributed by atoms with Crippen molar-refractivity contribution in [3.63, 3.8) is 0 Å². The van der Waals surface area contributed by atoms with Crippen LogP contribution in [-0.4, -0.2) is 30.1 Å². The highest BCUT2D eigenvalue weighted by Crippen LogP contribution is 2.33. The van der Waals surface area contributed by atoms with Crippen molar-refractivity contribution in [3.05, 3.63) is 102 Å². The summed E-state index contributed by atoms with van der Waals surface area (Å²) in [5.74, 6) is 0.0731. The molecule has 4 rings (SSSR count). The van der Waals surface area contributed by atoms with Gasteiger partial charge in [0.05, 0.1) is 18.0 Å². The lowest BCUT2D eigenvalue weighted by Gasteiger charge is -2.36. The molecule has 0 aromatic heterocycles. The number of carbonyl (C=O) groups is 2. The summed E-state index contributed by atoms with van der Waals surface area (Å²) in [6, 6.07) is 20.1. The summed E-state index contributed by atoms with van der Waals surface area (Å²) in [5, 5.41) is 0.100. The molecule has 0 radical (unpaired) electrons. The van der Waals surface area contributed by atoms with Crippen LogP contribution < -0.4 is 19.3 Å². The van der Waals surface area contributed by atoms with Crippen molar-refractivity contribution in [3.8, 4) is 11.5 Å². The Morgan fingerprint density at radius 3 is 1.84 bits per heavy atom. The van der Waals surface area contributed by atoms with Gasteiger partial charge in [0.1, 0.15) is 12.2 Å². The Morgan fingerprint density at radius 1 is 0.811 bits per heavy atom. The number of thiocarbonyl (C=S) groups is 1. The van der Waals surface area contributed by atoms with Gasteiger partial charge in [-0.25, -0.2) is 0 Å². The van der Waals surface area contributed by atoms with Crippen LogP contribution in [0.15, 0.2) is 85.0 Å². The first-order valence-corrected chi connectivity index (χ1v) is 12.3. The molecular weight excluding hydrogens is 484 g/mol. The van der Waals surface area contributed by atoms with E-state index in [0.717, 1.165) is 11.1 Å². The molecule has 0 atom stereocenters. The van der Waals surface area contributed by atoms with E-state index in [9.17, 15) is 9.59 Å². The predicted octanol–water partition coefficient (Wildman–Crippen LogP) is 6.02. The maximum atomic E-state index is 13.7. The second-order valence-electron chi connectivity index (χ2n) is 8.53. The summed E-state index contributed by atoms with van der Waals surface area (Å²) in [7, 11) is 0. The van der Waals surface area contributed by atoms with Crippen molar-refractivity contribution in [2.75, 3.05) is 23.0 Å². The predicted molar refractivity (Wildman–Crippen MR) is 151 cm³/mol. The SMILES string of the molecule is C=CCOc1ccc(C=C2C(=O)N(c3ccc(C)cc3)C(=S)N(c3ccc(C)cc3)C2=O)cc1OCC. The topological polar surface area (TPSA) is 59.1 Å². The minimum Gasteiger partial charge on any atom is -0.490 e. The molecule has 0 aliphatic carbocycles. The molecule has 3 aromatic rings. The molecular formula is C30H28N2O4S. The van der Waals surface area contributed by atoms with E-state index in [2.05, 4.69) is 6.58 Å². The molecule has 0 unspecified atom stereocenters. The normalized spacial score (nSPS) is 13.6. The monoisotopic (exact) mass is 512 g/mol. The number of amides is 2. The van der Waals surface area contributed by atoms with Gasteiger partial charge < -0.3 is 9.47 Å². The van der Waals surface area contributed by atoms with Crippen LogP contribution in [0.4, 0.5) is 11.4 Å². The third kappa shape index (κ3) is 5.47. The third-order valence-corrected chi connectivity index (χ3v) is 6.13. The highest BCUT2D eigenvalue weighted by molar-refractivity contribution is 7.81. The highest BCUT2D eigenvalue weighted by Gasteiger charge is 2.41. The van der Waals surface area contributed by atoms with Crippen LogP contribution in [0, 0.1) is 13.8 Å². The van der Waals surface area contributed by atoms with Crippen LogP contribution >= 0.6 is 12.2 Å². The first-order valence-electron chi connectivity index (χ1n) is 11.9. The number of hydrogen-bond acceptors (Lipinski definition) is 5. The largest absolute Gasteiger partial charge is 0.490 e. The molecule has 1 fully saturated rings. The fourth-order valence-corrected chi connectivity index (χ4v) is 4.27. The summed E-state index contributed by atoms with van der Waals surface area (Å²) in [4.78, 5) is 30.3. The van der Waals surface area contributed by atoms with Gasteiger partial charge in [0.15, 0.2) is 16.6 Å². The van der Waals surface area contributed by atoms with Crippen LogP contribution in [0.2, 0.25) is 0 Å². The molecule has 7 heteroatoms. The van der Waals surface area contributed by atoms with Gasteiger partial charge in [-0.3, -0.25) is 19.4 Å². The molecule has 2 amide bonds. The number of benzene rings is 3. The fraction of sp³-hybridized carbons (Fsp3) is 0.167. The van der Waals surface area contributed by atoms with Crippen molar-refractivity contribution in [1.82, 2.24) is 0 Å². The van der Waals surface area contributed by atoms with Crippen LogP contribution in [-0.2, 0) is 9.59 Å². The van der Waals surface area contributed by atoms with Crippen LogP contribution in [0.1, 0.15) is 23.6 Å². The van der Waals surface area contributed by atoms with E-state index in [0.29, 0.717) is 41.7 Å². The van der Waals surface area contributed by atoms with E-state index in [1.54, 1.807) is 30.4 Å². The molecule has 0 saturated carbocycles. The molecule has 0 spiro atoms. The Hall–Kier alpha value is -4.23. The van der Waals surface area contributed by atoms with Gasteiger partial charge in [-0.05, 0) is 81.0 Å².